The lowest BCUT2D eigenvalue weighted by atomic mass is 10.2. The average molecular weight is 286 g/mol. The van der Waals surface area contributed by atoms with E-state index in [-0.39, 0.29) is 0 Å². The second-order valence-corrected chi connectivity index (χ2v) is 4.79. The Hall–Kier alpha value is -1.10. The van der Waals surface area contributed by atoms with Gasteiger partial charge in [-0.3, -0.25) is 0 Å². The third-order valence-corrected chi connectivity index (χ3v) is 3.23. The number of thiocarbonyl (C=S) groups is 1. The maximum atomic E-state index is 6.15. The number of hydrogen-bond acceptors (Lipinski definition) is 2. The molecule has 0 fully saturated rings. The molecule has 0 unspecified atom stereocenters. The van der Waals surface area contributed by atoms with E-state index >= 15 is 0 Å². The number of rotatable bonds is 2. The summed E-state index contributed by atoms with van der Waals surface area (Å²) >= 11 is 17.0. The lowest BCUT2D eigenvalue weighted by Gasteiger charge is -2.06. The minimum atomic E-state index is 0.313. The highest BCUT2D eigenvalue weighted by Crippen LogP contribution is 2.24. The van der Waals surface area contributed by atoms with Crippen molar-refractivity contribution in [3.8, 4) is 5.69 Å². The van der Waals surface area contributed by atoms with Crippen molar-refractivity contribution in [3.63, 3.8) is 0 Å². The van der Waals surface area contributed by atoms with Crippen molar-refractivity contribution in [3.05, 3.63) is 45.7 Å². The molecule has 6 heteroatoms. The fourth-order valence-corrected chi connectivity index (χ4v) is 1.93. The second kappa shape index (κ2) is 4.64. The summed E-state index contributed by atoms with van der Waals surface area (Å²) in [5.41, 5.74) is 7.74. The molecule has 1 aromatic carbocycles. The topological polar surface area (TPSA) is 43.8 Å². The SMILES string of the molecule is Cc1nn(-c2ccc(C(N)=S)cc2Cl)cc1Cl. The fourth-order valence-electron chi connectivity index (χ4n) is 1.41. The molecule has 0 amide bonds. The Balaban J connectivity index is 2.50. The molecule has 2 aromatic rings. The molecule has 0 aliphatic carbocycles. The monoisotopic (exact) mass is 285 g/mol. The van der Waals surface area contributed by atoms with Crippen molar-refractivity contribution < 1.29 is 0 Å². The van der Waals surface area contributed by atoms with Crippen molar-refractivity contribution in [2.75, 3.05) is 0 Å². The van der Waals surface area contributed by atoms with Crippen LogP contribution in [0.3, 0.4) is 0 Å². The summed E-state index contributed by atoms with van der Waals surface area (Å²) in [6, 6.07) is 5.32. The van der Waals surface area contributed by atoms with Crippen LogP contribution in [-0.2, 0) is 0 Å². The van der Waals surface area contributed by atoms with Crippen LogP contribution in [0, 0.1) is 6.92 Å². The van der Waals surface area contributed by atoms with Crippen molar-refractivity contribution in [2.45, 2.75) is 6.92 Å². The van der Waals surface area contributed by atoms with Crippen molar-refractivity contribution in [1.82, 2.24) is 9.78 Å². The van der Waals surface area contributed by atoms with Crippen LogP contribution in [0.2, 0.25) is 10.0 Å². The molecule has 0 spiro atoms. The first-order valence-electron chi connectivity index (χ1n) is 4.80. The molecule has 0 aliphatic heterocycles. The molecule has 3 nitrogen and oxygen atoms in total. The molecule has 0 atom stereocenters. The minimum Gasteiger partial charge on any atom is -0.389 e. The fraction of sp³-hybridized carbons (Fsp3) is 0.0909. The number of nitrogens with zero attached hydrogens (tertiary/aromatic N) is 2. The minimum absolute atomic E-state index is 0.313. The molecule has 2 N–H and O–H groups in total. The number of aryl methyl sites for hydroxylation is 1. The number of nitrogens with two attached hydrogens (primary N) is 1. The molecule has 17 heavy (non-hydrogen) atoms. The van der Waals surface area contributed by atoms with Gasteiger partial charge in [0.05, 0.1) is 21.4 Å². The van der Waals surface area contributed by atoms with Gasteiger partial charge in [0.2, 0.25) is 0 Å². The first kappa shape index (κ1) is 12.4. The van der Waals surface area contributed by atoms with E-state index in [2.05, 4.69) is 5.10 Å². The highest BCUT2D eigenvalue weighted by Gasteiger charge is 2.08. The average Bonchev–Trinajstić information content (AvgIpc) is 2.58. The smallest absolute Gasteiger partial charge is 0.104 e. The van der Waals surface area contributed by atoms with Gasteiger partial charge in [0.1, 0.15) is 4.99 Å². The highest BCUT2D eigenvalue weighted by atomic mass is 35.5. The van der Waals surface area contributed by atoms with Gasteiger partial charge in [-0.15, -0.1) is 0 Å². The van der Waals surface area contributed by atoms with Crippen molar-refractivity contribution in [1.29, 1.82) is 0 Å². The van der Waals surface area contributed by atoms with E-state index in [1.165, 1.54) is 0 Å². The zero-order chi connectivity index (χ0) is 12.6. The van der Waals surface area contributed by atoms with Crippen LogP contribution in [0.5, 0.6) is 0 Å². The lowest BCUT2D eigenvalue weighted by Crippen LogP contribution is -2.09. The van der Waals surface area contributed by atoms with E-state index < -0.39 is 0 Å². The van der Waals surface area contributed by atoms with Gasteiger partial charge in [-0.1, -0.05) is 35.4 Å². The standard InChI is InChI=1S/C11H9Cl2N3S/c1-6-9(13)5-16(15-6)10-3-2-7(11(14)17)4-8(10)12/h2-5H,1H3,(H2,14,17). The zero-order valence-electron chi connectivity index (χ0n) is 8.95. The number of aromatic nitrogens is 2. The maximum absolute atomic E-state index is 6.15. The Morgan fingerprint density at radius 2 is 2.06 bits per heavy atom. The molecular weight excluding hydrogens is 277 g/mol. The Morgan fingerprint density at radius 3 is 2.53 bits per heavy atom. The normalized spacial score (nSPS) is 10.5. The Bertz CT molecular complexity index is 573. The molecule has 88 valence electrons. The molecule has 1 heterocycles. The van der Waals surface area contributed by atoms with Gasteiger partial charge in [0.25, 0.3) is 0 Å². The quantitative estimate of drug-likeness (QED) is 0.863. The molecule has 0 saturated heterocycles. The van der Waals surface area contributed by atoms with Crippen LogP contribution < -0.4 is 5.73 Å². The van der Waals surface area contributed by atoms with E-state index in [9.17, 15) is 0 Å². The molecule has 0 radical (unpaired) electrons. The van der Waals surface area contributed by atoms with Crippen LogP contribution in [0.4, 0.5) is 0 Å². The van der Waals surface area contributed by atoms with Gasteiger partial charge < -0.3 is 5.73 Å². The summed E-state index contributed by atoms with van der Waals surface area (Å²) in [7, 11) is 0. The third-order valence-electron chi connectivity index (χ3n) is 2.32. The van der Waals surface area contributed by atoms with E-state index in [1.807, 2.05) is 6.92 Å². The van der Waals surface area contributed by atoms with Crippen LogP contribution >= 0.6 is 35.4 Å². The molecule has 1 aromatic heterocycles. The number of benzene rings is 1. The molecule has 0 saturated carbocycles. The van der Waals surface area contributed by atoms with Crippen LogP contribution in [0.15, 0.2) is 24.4 Å². The number of halogens is 2. The predicted molar refractivity (Wildman–Crippen MR) is 74.2 cm³/mol. The van der Waals surface area contributed by atoms with Crippen molar-refractivity contribution >= 4 is 40.4 Å². The van der Waals surface area contributed by atoms with E-state index in [0.717, 1.165) is 16.9 Å². The first-order chi connectivity index (χ1) is 7.99. The lowest BCUT2D eigenvalue weighted by molar-refractivity contribution is 0.863. The summed E-state index contributed by atoms with van der Waals surface area (Å²) in [6.45, 7) is 1.83. The summed E-state index contributed by atoms with van der Waals surface area (Å²) in [5.74, 6) is 0. The van der Waals surface area contributed by atoms with Gasteiger partial charge in [0, 0.05) is 11.8 Å². The van der Waals surface area contributed by atoms with Gasteiger partial charge in [-0.25, -0.2) is 4.68 Å². The maximum Gasteiger partial charge on any atom is 0.104 e. The number of hydrogen-bond donors (Lipinski definition) is 1. The van der Waals surface area contributed by atoms with Gasteiger partial charge >= 0.3 is 0 Å². The van der Waals surface area contributed by atoms with Gasteiger partial charge in [-0.2, -0.15) is 5.10 Å². The summed E-state index contributed by atoms with van der Waals surface area (Å²) < 4.78 is 1.63. The summed E-state index contributed by atoms with van der Waals surface area (Å²) in [5, 5.41) is 5.37. The van der Waals surface area contributed by atoms with Crippen LogP contribution in [-0.4, -0.2) is 14.8 Å². The Kier molecular flexibility index (Phi) is 3.38. The van der Waals surface area contributed by atoms with E-state index in [4.69, 9.17) is 41.2 Å². The summed E-state index contributed by atoms with van der Waals surface area (Å²) in [6.07, 6.45) is 1.71. The molecular formula is C11H9Cl2N3S. The van der Waals surface area contributed by atoms with Crippen molar-refractivity contribution in [2.24, 2.45) is 5.73 Å². The third kappa shape index (κ3) is 2.44. The van der Waals surface area contributed by atoms with E-state index in [0.29, 0.717) is 15.0 Å². The first-order valence-corrected chi connectivity index (χ1v) is 5.97. The van der Waals surface area contributed by atoms with Gasteiger partial charge in [0.15, 0.2) is 0 Å². The molecule has 2 rings (SSSR count). The predicted octanol–water partition coefficient (Wildman–Crippen LogP) is 3.12. The summed E-state index contributed by atoms with van der Waals surface area (Å²) in [4.78, 5) is 0.313. The Morgan fingerprint density at radius 1 is 1.35 bits per heavy atom. The van der Waals surface area contributed by atoms with Crippen LogP contribution in [0.25, 0.3) is 5.69 Å². The Labute approximate surface area is 114 Å². The second-order valence-electron chi connectivity index (χ2n) is 3.54. The van der Waals surface area contributed by atoms with Gasteiger partial charge in [-0.05, 0) is 25.1 Å². The zero-order valence-corrected chi connectivity index (χ0v) is 11.3. The van der Waals surface area contributed by atoms with Crippen LogP contribution in [0.1, 0.15) is 11.3 Å². The van der Waals surface area contributed by atoms with E-state index in [1.54, 1.807) is 29.1 Å². The highest BCUT2D eigenvalue weighted by molar-refractivity contribution is 7.80. The molecule has 0 bridgehead atoms. The molecule has 0 aliphatic rings. The largest absolute Gasteiger partial charge is 0.389 e.